The molecule has 4 aromatic heterocycles. The first-order chi connectivity index (χ1) is 18.9. The molecule has 192 valence electrons. The highest BCUT2D eigenvalue weighted by atomic mass is 35.5. The summed E-state index contributed by atoms with van der Waals surface area (Å²) in [6.45, 7) is 1.69. The molecule has 10 heteroatoms. The van der Waals surface area contributed by atoms with Gasteiger partial charge in [0.2, 0.25) is 4.96 Å². The highest BCUT2D eigenvalue weighted by molar-refractivity contribution is 7.23. The van der Waals surface area contributed by atoms with Crippen molar-refractivity contribution >= 4 is 72.5 Å². The summed E-state index contributed by atoms with van der Waals surface area (Å²) >= 11 is 13.5. The van der Waals surface area contributed by atoms with Crippen molar-refractivity contribution in [2.75, 3.05) is 0 Å². The van der Waals surface area contributed by atoms with Crippen molar-refractivity contribution < 1.29 is 0 Å². The minimum atomic E-state index is -0.298. The van der Waals surface area contributed by atoms with Crippen LogP contribution in [0.2, 0.25) is 10.0 Å². The number of H-pyrrole nitrogens is 1. The van der Waals surface area contributed by atoms with Gasteiger partial charge in [-0.15, -0.1) is 0 Å². The van der Waals surface area contributed by atoms with Crippen LogP contribution >= 0.6 is 34.5 Å². The molecular weight excluding hydrogens is 553 g/mol. The zero-order valence-electron chi connectivity index (χ0n) is 20.6. The van der Waals surface area contributed by atoms with E-state index in [1.165, 1.54) is 4.40 Å². The number of halogens is 2. The van der Waals surface area contributed by atoms with E-state index < -0.39 is 0 Å². The van der Waals surface area contributed by atoms with E-state index in [1.807, 2.05) is 48.5 Å². The molecule has 0 atom stereocenters. The van der Waals surface area contributed by atoms with E-state index in [-0.39, 0.29) is 11.1 Å². The molecule has 0 unspecified atom stereocenters. The summed E-state index contributed by atoms with van der Waals surface area (Å²) in [7, 11) is 0. The highest BCUT2D eigenvalue weighted by Crippen LogP contribution is 2.40. The Kier molecular flexibility index (Phi) is 5.66. The molecule has 1 N–H and O–H groups in total. The Labute approximate surface area is 235 Å². The number of nitrogens with zero attached hydrogens (tertiary/aromatic N) is 4. The Balaban J connectivity index is 1.61. The monoisotopic (exact) mass is 571 g/mol. The van der Waals surface area contributed by atoms with Crippen LogP contribution < -0.4 is 11.1 Å². The molecule has 39 heavy (non-hydrogen) atoms. The molecule has 0 radical (unpaired) electrons. The molecule has 1 aliphatic rings. The lowest BCUT2D eigenvalue weighted by atomic mass is 9.84. The molecule has 0 saturated carbocycles. The normalized spacial score (nSPS) is 14.5. The van der Waals surface area contributed by atoms with Crippen LogP contribution in [-0.2, 0) is 6.42 Å². The number of fused-ring (bicyclic) bond motifs is 5. The average molecular weight is 572 g/mol. The second-order valence-electron chi connectivity index (χ2n) is 9.54. The van der Waals surface area contributed by atoms with Crippen LogP contribution in [-0.4, -0.2) is 24.3 Å². The lowest BCUT2D eigenvalue weighted by Crippen LogP contribution is -2.19. The quantitative estimate of drug-likeness (QED) is 0.249. The summed E-state index contributed by atoms with van der Waals surface area (Å²) in [5.41, 5.74) is 5.62. The minimum Gasteiger partial charge on any atom is -0.309 e. The molecule has 6 aromatic rings. The predicted molar refractivity (Wildman–Crippen MR) is 158 cm³/mol. The maximum Gasteiger partial charge on any atom is 0.270 e. The molecule has 4 heterocycles. The van der Waals surface area contributed by atoms with Gasteiger partial charge in [-0.3, -0.25) is 9.59 Å². The van der Waals surface area contributed by atoms with Crippen molar-refractivity contribution in [2.24, 2.45) is 0 Å². The highest BCUT2D eigenvalue weighted by Gasteiger charge is 2.26. The van der Waals surface area contributed by atoms with Gasteiger partial charge in [0.05, 0.1) is 11.1 Å². The Morgan fingerprint density at radius 2 is 1.67 bits per heavy atom. The number of aromatic nitrogens is 5. The number of pyridine rings is 1. The summed E-state index contributed by atoms with van der Waals surface area (Å²) in [4.78, 5) is 44.3. The number of allylic oxidation sites excluding steroid dienone is 1. The van der Waals surface area contributed by atoms with Crippen molar-refractivity contribution in [3.05, 3.63) is 102 Å². The molecular formula is C29H19Cl2N5O2S. The molecule has 7 rings (SSSR count). The molecule has 0 fully saturated rings. The fourth-order valence-corrected chi connectivity index (χ4v) is 6.50. The zero-order valence-corrected chi connectivity index (χ0v) is 22.9. The summed E-state index contributed by atoms with van der Waals surface area (Å²) in [6.07, 6.45) is 4.64. The number of rotatable bonds is 2. The maximum absolute atomic E-state index is 14.2. The van der Waals surface area contributed by atoms with Gasteiger partial charge in [0.15, 0.2) is 11.3 Å². The van der Waals surface area contributed by atoms with E-state index in [9.17, 15) is 9.59 Å². The SMILES string of the molecule is Cc1nc2c(sc3nc4nc5c(c(-c6ccc(Cl)cc6)c4c(=O)n32)CCC/C5=C\c2ccc(Cl)cc2)c(=O)[nH]1. The Hall–Kier alpha value is -3.85. The number of benzene rings is 2. The van der Waals surface area contributed by atoms with Gasteiger partial charge < -0.3 is 4.98 Å². The van der Waals surface area contributed by atoms with Crippen molar-refractivity contribution in [2.45, 2.75) is 26.2 Å². The smallest absolute Gasteiger partial charge is 0.270 e. The molecule has 1 aliphatic carbocycles. The van der Waals surface area contributed by atoms with E-state index in [1.54, 1.807) is 6.92 Å². The third-order valence-corrected chi connectivity index (χ3v) is 8.52. The van der Waals surface area contributed by atoms with E-state index in [4.69, 9.17) is 33.2 Å². The van der Waals surface area contributed by atoms with Gasteiger partial charge in [-0.2, -0.15) is 4.98 Å². The van der Waals surface area contributed by atoms with Crippen LogP contribution in [0.5, 0.6) is 0 Å². The molecule has 0 bridgehead atoms. The summed E-state index contributed by atoms with van der Waals surface area (Å²) in [5, 5.41) is 1.69. The fraction of sp³-hybridized carbons (Fsp3) is 0.138. The maximum atomic E-state index is 14.2. The van der Waals surface area contributed by atoms with Gasteiger partial charge in [0, 0.05) is 15.6 Å². The number of hydrogen-bond donors (Lipinski definition) is 1. The van der Waals surface area contributed by atoms with Gasteiger partial charge in [0.25, 0.3) is 11.1 Å². The standard InChI is InChI=1S/C29H19Cl2N5O2S/c1-14-32-26-24(27(37)33-14)39-29-35-25-22(28(38)36(26)29)21(16-7-11-19(31)12-8-16)20-4-2-3-17(23(20)34-25)13-15-5-9-18(30)10-6-15/h5-13H,2-4H2,1H3,(H,32,33,37)/b17-13+. The second kappa shape index (κ2) is 9.12. The van der Waals surface area contributed by atoms with Gasteiger partial charge >= 0.3 is 0 Å². The zero-order chi connectivity index (χ0) is 26.8. The lowest BCUT2D eigenvalue weighted by Gasteiger charge is -2.23. The van der Waals surface area contributed by atoms with Crippen molar-refractivity contribution in [1.82, 2.24) is 24.3 Å². The first-order valence-electron chi connectivity index (χ1n) is 12.4. The van der Waals surface area contributed by atoms with E-state index >= 15 is 0 Å². The van der Waals surface area contributed by atoms with E-state index in [2.05, 4.69) is 16.0 Å². The Morgan fingerprint density at radius 3 is 2.41 bits per heavy atom. The van der Waals surface area contributed by atoms with Gasteiger partial charge in [-0.05, 0) is 78.8 Å². The van der Waals surface area contributed by atoms with E-state index in [0.29, 0.717) is 42.2 Å². The third-order valence-electron chi connectivity index (χ3n) is 6.99. The van der Waals surface area contributed by atoms with Crippen LogP contribution in [0, 0.1) is 6.92 Å². The van der Waals surface area contributed by atoms with Crippen LogP contribution in [0.25, 0.3) is 49.1 Å². The summed E-state index contributed by atoms with van der Waals surface area (Å²) in [5.74, 6) is 0.428. The van der Waals surface area contributed by atoms with Crippen LogP contribution in [0.15, 0.2) is 58.1 Å². The Bertz CT molecular complexity index is 2110. The number of thiazole rings is 1. The van der Waals surface area contributed by atoms with Crippen LogP contribution in [0.3, 0.4) is 0 Å². The average Bonchev–Trinajstić information content (AvgIpc) is 3.29. The second-order valence-corrected chi connectivity index (χ2v) is 11.4. The molecule has 0 saturated heterocycles. The van der Waals surface area contributed by atoms with Crippen LogP contribution in [0.1, 0.15) is 35.5 Å². The molecule has 0 amide bonds. The first-order valence-corrected chi connectivity index (χ1v) is 14.0. The number of nitrogens with one attached hydrogen (secondary N) is 1. The number of hydrogen-bond acceptors (Lipinski definition) is 6. The van der Waals surface area contributed by atoms with Crippen molar-refractivity contribution in [3.8, 4) is 11.1 Å². The molecule has 7 nitrogen and oxygen atoms in total. The van der Waals surface area contributed by atoms with Gasteiger partial charge in [0.1, 0.15) is 10.5 Å². The lowest BCUT2D eigenvalue weighted by molar-refractivity contribution is 0.815. The number of aromatic amines is 1. The summed E-state index contributed by atoms with van der Waals surface area (Å²) < 4.78 is 1.78. The minimum absolute atomic E-state index is 0.296. The first kappa shape index (κ1) is 24.2. The van der Waals surface area contributed by atoms with Crippen molar-refractivity contribution in [3.63, 3.8) is 0 Å². The van der Waals surface area contributed by atoms with Gasteiger partial charge in [-0.25, -0.2) is 14.4 Å². The van der Waals surface area contributed by atoms with Crippen LogP contribution in [0.4, 0.5) is 0 Å². The van der Waals surface area contributed by atoms with E-state index in [0.717, 1.165) is 64.1 Å². The van der Waals surface area contributed by atoms with Gasteiger partial charge in [-0.1, -0.05) is 58.8 Å². The molecule has 0 spiro atoms. The molecule has 0 aliphatic heterocycles. The Morgan fingerprint density at radius 1 is 0.949 bits per heavy atom. The summed E-state index contributed by atoms with van der Waals surface area (Å²) in [6, 6.07) is 15.1. The molecule has 2 aromatic carbocycles. The predicted octanol–water partition coefficient (Wildman–Crippen LogP) is 6.70. The number of aryl methyl sites for hydroxylation is 1. The fourth-order valence-electron chi connectivity index (χ4n) is 5.30. The third kappa shape index (κ3) is 3.98. The topological polar surface area (TPSA) is 93.0 Å². The largest absolute Gasteiger partial charge is 0.309 e. The van der Waals surface area contributed by atoms with Crippen molar-refractivity contribution in [1.29, 1.82) is 0 Å².